The van der Waals surface area contributed by atoms with E-state index in [2.05, 4.69) is 20.7 Å². The zero-order chi connectivity index (χ0) is 16.8. The molecular formula is C17H23N5O. The third-order valence-electron chi connectivity index (χ3n) is 3.70. The number of aromatic amines is 1. The summed E-state index contributed by atoms with van der Waals surface area (Å²) in [6, 6.07) is 7.94. The largest absolute Gasteiger partial charge is 0.378 e. The molecule has 1 aromatic heterocycles. The fourth-order valence-electron chi connectivity index (χ4n) is 2.27. The van der Waals surface area contributed by atoms with E-state index >= 15 is 0 Å². The van der Waals surface area contributed by atoms with Gasteiger partial charge in [0.2, 0.25) is 5.91 Å². The quantitative estimate of drug-likeness (QED) is 0.634. The first kappa shape index (κ1) is 16.7. The minimum atomic E-state index is -0.105. The number of nitrogens with zero attached hydrogens (tertiary/aromatic N) is 3. The maximum Gasteiger partial charge on any atom is 0.240 e. The van der Waals surface area contributed by atoms with E-state index < -0.39 is 0 Å². The van der Waals surface area contributed by atoms with Crippen LogP contribution in [0.5, 0.6) is 0 Å². The van der Waals surface area contributed by atoms with Crippen molar-refractivity contribution in [2.24, 2.45) is 5.10 Å². The maximum atomic E-state index is 11.8. The summed E-state index contributed by atoms with van der Waals surface area (Å²) in [7, 11) is 3.99. The van der Waals surface area contributed by atoms with Crippen LogP contribution < -0.4 is 10.3 Å². The molecule has 0 saturated heterocycles. The predicted molar refractivity (Wildman–Crippen MR) is 92.9 cm³/mol. The van der Waals surface area contributed by atoms with Crippen LogP contribution in [0.15, 0.2) is 29.4 Å². The predicted octanol–water partition coefficient (Wildman–Crippen LogP) is 2.18. The number of aromatic nitrogens is 2. The summed E-state index contributed by atoms with van der Waals surface area (Å²) in [5, 5.41) is 11.0. The molecule has 1 amide bonds. The molecule has 2 N–H and O–H groups in total. The number of H-pyrrole nitrogens is 1. The van der Waals surface area contributed by atoms with Crippen molar-refractivity contribution in [1.82, 2.24) is 15.6 Å². The Morgan fingerprint density at radius 3 is 2.57 bits per heavy atom. The van der Waals surface area contributed by atoms with E-state index in [1.807, 2.05) is 57.1 Å². The highest BCUT2D eigenvalue weighted by molar-refractivity contribution is 5.83. The molecule has 1 heterocycles. The fraction of sp³-hybridized carbons (Fsp3) is 0.353. The number of rotatable bonds is 6. The SMILES string of the molecule is Cc1n[nH]c(C)c1CCC(=O)N/N=C/c1ccc(N(C)C)cc1. The van der Waals surface area contributed by atoms with Crippen molar-refractivity contribution < 1.29 is 4.79 Å². The number of nitrogens with one attached hydrogen (secondary N) is 2. The summed E-state index contributed by atoms with van der Waals surface area (Å²) in [5.41, 5.74) is 7.68. The zero-order valence-electron chi connectivity index (χ0n) is 14.1. The van der Waals surface area contributed by atoms with Gasteiger partial charge in [0.05, 0.1) is 11.9 Å². The summed E-state index contributed by atoms with van der Waals surface area (Å²) in [5.74, 6) is -0.105. The average molecular weight is 313 g/mol. The standard InChI is InChI=1S/C17H23N5O/c1-12-16(13(2)20-19-12)9-10-17(23)21-18-11-14-5-7-15(8-6-14)22(3)4/h5-8,11H,9-10H2,1-4H3,(H,19,20)(H,21,23)/b18-11+. The van der Waals surface area contributed by atoms with Gasteiger partial charge < -0.3 is 4.90 Å². The number of hydrazone groups is 1. The number of hydrogen-bond donors (Lipinski definition) is 2. The molecule has 2 aromatic rings. The molecule has 1 aromatic carbocycles. The van der Waals surface area contributed by atoms with Crippen LogP contribution >= 0.6 is 0 Å². The number of carbonyl (C=O) groups excluding carboxylic acids is 1. The van der Waals surface area contributed by atoms with E-state index in [9.17, 15) is 4.79 Å². The van der Waals surface area contributed by atoms with Crippen molar-refractivity contribution in [3.63, 3.8) is 0 Å². The van der Waals surface area contributed by atoms with E-state index in [1.54, 1.807) is 6.21 Å². The average Bonchev–Trinajstić information content (AvgIpc) is 2.84. The first-order valence-corrected chi connectivity index (χ1v) is 7.57. The van der Waals surface area contributed by atoms with Gasteiger partial charge in [0, 0.05) is 31.9 Å². The second kappa shape index (κ2) is 7.58. The molecule has 0 fully saturated rings. The number of hydrogen-bond acceptors (Lipinski definition) is 4. The van der Waals surface area contributed by atoms with Crippen molar-refractivity contribution in [1.29, 1.82) is 0 Å². The summed E-state index contributed by atoms with van der Waals surface area (Å²) in [6.07, 6.45) is 2.69. The lowest BCUT2D eigenvalue weighted by Gasteiger charge is -2.11. The molecule has 0 aliphatic heterocycles. The van der Waals surface area contributed by atoms with Crippen LogP contribution in [0.2, 0.25) is 0 Å². The summed E-state index contributed by atoms with van der Waals surface area (Å²) < 4.78 is 0. The van der Waals surface area contributed by atoms with Crippen LogP contribution in [0.25, 0.3) is 0 Å². The van der Waals surface area contributed by atoms with Gasteiger partial charge in [0.1, 0.15) is 0 Å². The first-order chi connectivity index (χ1) is 11.0. The summed E-state index contributed by atoms with van der Waals surface area (Å²) in [6.45, 7) is 3.90. The van der Waals surface area contributed by atoms with Crippen molar-refractivity contribution in [3.05, 3.63) is 46.8 Å². The molecule has 0 atom stereocenters. The van der Waals surface area contributed by atoms with Gasteiger partial charge in [-0.1, -0.05) is 12.1 Å². The Hall–Kier alpha value is -2.63. The van der Waals surface area contributed by atoms with E-state index in [1.165, 1.54) is 0 Å². The highest BCUT2D eigenvalue weighted by Gasteiger charge is 2.08. The Labute approximate surface area is 136 Å². The monoisotopic (exact) mass is 313 g/mol. The minimum absolute atomic E-state index is 0.105. The molecule has 0 aliphatic rings. The third kappa shape index (κ3) is 4.67. The number of amides is 1. The second-order valence-electron chi connectivity index (χ2n) is 5.69. The first-order valence-electron chi connectivity index (χ1n) is 7.57. The number of benzene rings is 1. The van der Waals surface area contributed by atoms with Gasteiger partial charge in [-0.25, -0.2) is 5.43 Å². The Kier molecular flexibility index (Phi) is 5.51. The molecule has 6 heteroatoms. The molecule has 6 nitrogen and oxygen atoms in total. The molecule has 0 spiro atoms. The topological polar surface area (TPSA) is 73.4 Å². The van der Waals surface area contributed by atoms with Gasteiger partial charge in [-0.3, -0.25) is 9.89 Å². The lowest BCUT2D eigenvalue weighted by atomic mass is 10.1. The molecule has 0 aliphatic carbocycles. The molecular weight excluding hydrogens is 290 g/mol. The van der Waals surface area contributed by atoms with Gasteiger partial charge in [0.15, 0.2) is 0 Å². The number of carbonyl (C=O) groups is 1. The Balaban J connectivity index is 1.82. The van der Waals surface area contributed by atoms with E-state index in [-0.39, 0.29) is 5.91 Å². The zero-order valence-corrected chi connectivity index (χ0v) is 14.1. The van der Waals surface area contributed by atoms with Gasteiger partial charge in [-0.2, -0.15) is 10.2 Å². The molecule has 0 radical (unpaired) electrons. The molecule has 0 bridgehead atoms. The van der Waals surface area contributed by atoms with E-state index in [0.717, 1.165) is 28.2 Å². The van der Waals surface area contributed by atoms with Gasteiger partial charge >= 0.3 is 0 Å². The van der Waals surface area contributed by atoms with Gasteiger partial charge in [-0.15, -0.1) is 0 Å². The lowest BCUT2D eigenvalue weighted by Crippen LogP contribution is -2.18. The Morgan fingerprint density at radius 1 is 1.30 bits per heavy atom. The highest BCUT2D eigenvalue weighted by Crippen LogP contribution is 2.12. The number of aryl methyl sites for hydroxylation is 2. The van der Waals surface area contributed by atoms with Crippen LogP contribution in [0, 0.1) is 13.8 Å². The van der Waals surface area contributed by atoms with Crippen LogP contribution in [0.1, 0.15) is 28.9 Å². The smallest absolute Gasteiger partial charge is 0.240 e. The van der Waals surface area contributed by atoms with Gasteiger partial charge in [0.25, 0.3) is 0 Å². The van der Waals surface area contributed by atoms with Crippen molar-refractivity contribution in [3.8, 4) is 0 Å². The number of anilines is 1. The van der Waals surface area contributed by atoms with Crippen molar-refractivity contribution in [2.75, 3.05) is 19.0 Å². The highest BCUT2D eigenvalue weighted by atomic mass is 16.2. The molecule has 122 valence electrons. The molecule has 0 saturated carbocycles. The van der Waals surface area contributed by atoms with Crippen molar-refractivity contribution in [2.45, 2.75) is 26.7 Å². The van der Waals surface area contributed by atoms with Crippen LogP contribution in [0.3, 0.4) is 0 Å². The van der Waals surface area contributed by atoms with Crippen LogP contribution in [-0.4, -0.2) is 36.4 Å². The molecule has 0 unspecified atom stereocenters. The summed E-state index contributed by atoms with van der Waals surface area (Å²) >= 11 is 0. The van der Waals surface area contributed by atoms with Crippen LogP contribution in [0.4, 0.5) is 5.69 Å². The molecule has 2 rings (SSSR count). The third-order valence-corrected chi connectivity index (χ3v) is 3.70. The molecule has 23 heavy (non-hydrogen) atoms. The maximum absolute atomic E-state index is 11.8. The van der Waals surface area contributed by atoms with Gasteiger partial charge in [-0.05, 0) is 43.5 Å². The normalized spacial score (nSPS) is 11.0. The van der Waals surface area contributed by atoms with Crippen LogP contribution in [-0.2, 0) is 11.2 Å². The van der Waals surface area contributed by atoms with E-state index in [4.69, 9.17) is 0 Å². The fourth-order valence-corrected chi connectivity index (χ4v) is 2.27. The summed E-state index contributed by atoms with van der Waals surface area (Å²) in [4.78, 5) is 13.9. The Morgan fingerprint density at radius 2 is 2.00 bits per heavy atom. The van der Waals surface area contributed by atoms with E-state index in [0.29, 0.717) is 12.8 Å². The lowest BCUT2D eigenvalue weighted by molar-refractivity contribution is -0.121. The second-order valence-corrected chi connectivity index (χ2v) is 5.69. The Bertz CT molecular complexity index is 666. The van der Waals surface area contributed by atoms with Crippen molar-refractivity contribution >= 4 is 17.8 Å². The minimum Gasteiger partial charge on any atom is -0.378 e.